The van der Waals surface area contributed by atoms with Gasteiger partial charge in [-0.25, -0.2) is 0 Å². The lowest BCUT2D eigenvalue weighted by Gasteiger charge is -2.33. The van der Waals surface area contributed by atoms with Crippen molar-refractivity contribution >= 4 is 0 Å². The average molecular weight is 293 g/mol. The average Bonchev–Trinajstić information content (AvgIpc) is 2.56. The Bertz CT molecular complexity index is 408. The largest absolute Gasteiger partial charge is 0.496 e. The fourth-order valence-corrected chi connectivity index (χ4v) is 3.04. The first-order valence-electron chi connectivity index (χ1n) is 7.83. The Kier molecular flexibility index (Phi) is 6.33. The minimum Gasteiger partial charge on any atom is -0.496 e. The fraction of sp³-hybridized carbons (Fsp3) is 0.647. The minimum absolute atomic E-state index is 0.250. The van der Waals surface area contributed by atoms with Gasteiger partial charge in [0.25, 0.3) is 0 Å². The molecule has 1 aliphatic rings. The Morgan fingerprint density at radius 1 is 1.19 bits per heavy atom. The molecule has 4 heteroatoms. The summed E-state index contributed by atoms with van der Waals surface area (Å²) in [5.41, 5.74) is 1.14. The van der Waals surface area contributed by atoms with Crippen LogP contribution in [0, 0.1) is 5.92 Å². The van der Waals surface area contributed by atoms with Gasteiger partial charge in [-0.3, -0.25) is 0 Å². The van der Waals surface area contributed by atoms with E-state index in [1.54, 1.807) is 14.2 Å². The molecular formula is C17H27NO3. The van der Waals surface area contributed by atoms with E-state index in [0.29, 0.717) is 5.92 Å². The summed E-state index contributed by atoms with van der Waals surface area (Å²) in [7, 11) is 3.44. The topological polar surface area (TPSA) is 39.7 Å². The number of nitrogens with one attached hydrogen (secondary N) is 1. The molecule has 0 bridgehead atoms. The molecule has 0 spiro atoms. The molecule has 1 heterocycles. The third-order valence-corrected chi connectivity index (χ3v) is 4.13. The first kappa shape index (κ1) is 16.1. The van der Waals surface area contributed by atoms with Crippen molar-refractivity contribution in [1.29, 1.82) is 0 Å². The summed E-state index contributed by atoms with van der Waals surface area (Å²) in [5.74, 6) is 2.35. The number of ether oxygens (including phenoxy) is 3. The van der Waals surface area contributed by atoms with Gasteiger partial charge in [-0.05, 0) is 43.9 Å². The Hall–Kier alpha value is -1.26. The molecule has 1 aromatic carbocycles. The normalized spacial score (nSPS) is 17.5. The zero-order valence-electron chi connectivity index (χ0n) is 13.4. The summed E-state index contributed by atoms with van der Waals surface area (Å²) in [6, 6.07) is 6.25. The van der Waals surface area contributed by atoms with Crippen molar-refractivity contribution < 1.29 is 14.2 Å². The minimum atomic E-state index is 0.250. The van der Waals surface area contributed by atoms with Crippen molar-refractivity contribution in [2.45, 2.75) is 32.2 Å². The van der Waals surface area contributed by atoms with Crippen LogP contribution in [0.2, 0.25) is 0 Å². The zero-order valence-corrected chi connectivity index (χ0v) is 13.4. The molecule has 4 nitrogen and oxygen atoms in total. The fourth-order valence-electron chi connectivity index (χ4n) is 3.04. The van der Waals surface area contributed by atoms with Crippen molar-refractivity contribution in [2.75, 3.05) is 34.0 Å². The lowest BCUT2D eigenvalue weighted by atomic mass is 9.86. The Morgan fingerprint density at radius 3 is 2.33 bits per heavy atom. The van der Waals surface area contributed by atoms with Crippen LogP contribution < -0.4 is 14.8 Å². The molecule has 1 aliphatic heterocycles. The molecule has 118 valence electrons. The first-order valence-corrected chi connectivity index (χ1v) is 7.83. The van der Waals surface area contributed by atoms with Gasteiger partial charge in [-0.15, -0.1) is 0 Å². The van der Waals surface area contributed by atoms with Crippen molar-refractivity contribution in [3.63, 3.8) is 0 Å². The van der Waals surface area contributed by atoms with E-state index in [4.69, 9.17) is 14.2 Å². The second-order valence-corrected chi connectivity index (χ2v) is 5.46. The maximum atomic E-state index is 5.59. The summed E-state index contributed by atoms with van der Waals surface area (Å²) in [5, 5.41) is 3.69. The Labute approximate surface area is 127 Å². The highest BCUT2D eigenvalue weighted by Crippen LogP contribution is 2.40. The van der Waals surface area contributed by atoms with Crippen LogP contribution in [0.1, 0.15) is 37.8 Å². The molecule has 0 radical (unpaired) electrons. The number of hydrogen-bond donors (Lipinski definition) is 1. The molecule has 21 heavy (non-hydrogen) atoms. The molecule has 1 aromatic rings. The van der Waals surface area contributed by atoms with Gasteiger partial charge in [-0.1, -0.05) is 13.0 Å². The third-order valence-electron chi connectivity index (χ3n) is 4.13. The van der Waals surface area contributed by atoms with Crippen LogP contribution in [-0.2, 0) is 4.74 Å². The van der Waals surface area contributed by atoms with E-state index in [0.717, 1.165) is 56.1 Å². The SMILES string of the molecule is CCCNC(c1c(OC)cccc1OC)C1CCOCC1. The standard InChI is InChI=1S/C17H27NO3/c1-4-10-18-17(13-8-11-21-12-9-13)16-14(19-2)6-5-7-15(16)20-3/h5-7,13,17-18H,4,8-12H2,1-3H3. The van der Waals surface area contributed by atoms with Gasteiger partial charge in [0.15, 0.2) is 0 Å². The smallest absolute Gasteiger partial charge is 0.127 e. The van der Waals surface area contributed by atoms with Crippen LogP contribution in [0.15, 0.2) is 18.2 Å². The molecule has 0 aromatic heterocycles. The molecule has 1 N–H and O–H groups in total. The number of methoxy groups -OCH3 is 2. The molecule has 1 unspecified atom stereocenters. The highest BCUT2D eigenvalue weighted by molar-refractivity contribution is 5.47. The zero-order chi connectivity index (χ0) is 15.1. The number of benzene rings is 1. The van der Waals surface area contributed by atoms with Crippen molar-refractivity contribution in [2.24, 2.45) is 5.92 Å². The molecule has 0 amide bonds. The summed E-state index contributed by atoms with van der Waals surface area (Å²) in [4.78, 5) is 0. The summed E-state index contributed by atoms with van der Waals surface area (Å²) in [6.45, 7) is 4.86. The van der Waals surface area contributed by atoms with E-state index in [1.165, 1.54) is 0 Å². The van der Waals surface area contributed by atoms with Crippen LogP contribution in [0.3, 0.4) is 0 Å². The van der Waals surface area contributed by atoms with E-state index in [-0.39, 0.29) is 6.04 Å². The highest BCUT2D eigenvalue weighted by atomic mass is 16.5. The predicted molar refractivity (Wildman–Crippen MR) is 84.1 cm³/mol. The Balaban J connectivity index is 2.34. The van der Waals surface area contributed by atoms with E-state index in [9.17, 15) is 0 Å². The molecule has 1 fully saturated rings. The number of rotatable bonds is 7. The second-order valence-electron chi connectivity index (χ2n) is 5.46. The predicted octanol–water partition coefficient (Wildman–Crippen LogP) is 3.17. The van der Waals surface area contributed by atoms with Gasteiger partial charge in [-0.2, -0.15) is 0 Å². The maximum Gasteiger partial charge on any atom is 0.127 e. The third kappa shape index (κ3) is 3.89. The molecular weight excluding hydrogens is 266 g/mol. The molecule has 2 rings (SSSR count). The maximum absolute atomic E-state index is 5.59. The van der Waals surface area contributed by atoms with Gasteiger partial charge in [0, 0.05) is 19.3 Å². The lowest BCUT2D eigenvalue weighted by Crippen LogP contribution is -2.33. The van der Waals surface area contributed by atoms with Crippen LogP contribution in [0.5, 0.6) is 11.5 Å². The first-order chi connectivity index (χ1) is 10.3. The van der Waals surface area contributed by atoms with Gasteiger partial charge in [0.2, 0.25) is 0 Å². The van der Waals surface area contributed by atoms with Crippen LogP contribution in [-0.4, -0.2) is 34.0 Å². The highest BCUT2D eigenvalue weighted by Gasteiger charge is 2.29. The quantitative estimate of drug-likeness (QED) is 0.838. The van der Waals surface area contributed by atoms with E-state index in [2.05, 4.69) is 12.2 Å². The molecule has 0 aliphatic carbocycles. The van der Waals surface area contributed by atoms with Gasteiger partial charge < -0.3 is 19.5 Å². The molecule has 0 saturated carbocycles. The van der Waals surface area contributed by atoms with Gasteiger partial charge in [0.05, 0.1) is 19.8 Å². The van der Waals surface area contributed by atoms with Gasteiger partial charge in [0.1, 0.15) is 11.5 Å². The van der Waals surface area contributed by atoms with Gasteiger partial charge >= 0.3 is 0 Å². The number of hydrogen-bond acceptors (Lipinski definition) is 4. The van der Waals surface area contributed by atoms with Crippen LogP contribution >= 0.6 is 0 Å². The Morgan fingerprint density at radius 2 is 1.81 bits per heavy atom. The summed E-state index contributed by atoms with van der Waals surface area (Å²) < 4.78 is 16.7. The van der Waals surface area contributed by atoms with Crippen LogP contribution in [0.25, 0.3) is 0 Å². The molecule has 1 saturated heterocycles. The summed E-state index contributed by atoms with van der Waals surface area (Å²) in [6.07, 6.45) is 3.25. The van der Waals surface area contributed by atoms with E-state index < -0.39 is 0 Å². The van der Waals surface area contributed by atoms with Crippen molar-refractivity contribution in [3.05, 3.63) is 23.8 Å². The monoisotopic (exact) mass is 293 g/mol. The lowest BCUT2D eigenvalue weighted by molar-refractivity contribution is 0.0529. The van der Waals surface area contributed by atoms with Crippen molar-refractivity contribution in [3.8, 4) is 11.5 Å². The molecule has 1 atom stereocenters. The van der Waals surface area contributed by atoms with E-state index in [1.807, 2.05) is 18.2 Å². The van der Waals surface area contributed by atoms with Crippen molar-refractivity contribution in [1.82, 2.24) is 5.32 Å². The van der Waals surface area contributed by atoms with Crippen LogP contribution in [0.4, 0.5) is 0 Å². The van der Waals surface area contributed by atoms with E-state index >= 15 is 0 Å². The second kappa shape index (κ2) is 8.25. The summed E-state index contributed by atoms with van der Waals surface area (Å²) >= 11 is 0.